The number of ketones is 1. The first-order valence-electron chi connectivity index (χ1n) is 10.9. The number of likely N-dealkylation sites (N-methyl/N-ethyl adjacent to an activating group) is 1. The second kappa shape index (κ2) is 7.13. The summed E-state index contributed by atoms with van der Waals surface area (Å²) in [5, 5.41) is 5.55. The number of carbonyl (C=O) groups excluding carboxylic acids is 1. The molecule has 5 heterocycles. The fourth-order valence-corrected chi connectivity index (χ4v) is 4.79. The summed E-state index contributed by atoms with van der Waals surface area (Å²) in [7, 11) is 2.16. The zero-order valence-electron chi connectivity index (χ0n) is 17.5. The van der Waals surface area contributed by atoms with E-state index in [1.807, 2.05) is 47.1 Å². The van der Waals surface area contributed by atoms with E-state index >= 15 is 0 Å². The molecule has 1 saturated heterocycles. The van der Waals surface area contributed by atoms with Crippen molar-refractivity contribution in [1.29, 1.82) is 0 Å². The van der Waals surface area contributed by atoms with E-state index in [1.165, 1.54) is 11.3 Å². The molecule has 0 spiro atoms. The number of benzene rings is 1. The van der Waals surface area contributed by atoms with Gasteiger partial charge in [-0.2, -0.15) is 9.61 Å². The van der Waals surface area contributed by atoms with Crippen LogP contribution in [-0.2, 0) is 12.8 Å². The summed E-state index contributed by atoms with van der Waals surface area (Å²) in [6.07, 6.45) is 5.49. The number of hydrogen-bond donors (Lipinski definition) is 0. The van der Waals surface area contributed by atoms with Crippen molar-refractivity contribution in [3.8, 4) is 0 Å². The van der Waals surface area contributed by atoms with Gasteiger partial charge in [0.1, 0.15) is 5.82 Å². The number of nitrogens with zero attached hydrogens (tertiary/aromatic N) is 6. The van der Waals surface area contributed by atoms with Crippen molar-refractivity contribution in [2.24, 2.45) is 5.92 Å². The van der Waals surface area contributed by atoms with Crippen LogP contribution in [0.25, 0.3) is 16.6 Å². The SMILES string of the molecule is CN1CCc2nc3ccnn3c(N3CC(C(=O)c4ccc5ncccc5c4)C3)c2CC1. The van der Waals surface area contributed by atoms with E-state index in [4.69, 9.17) is 4.98 Å². The lowest BCUT2D eigenvalue weighted by Gasteiger charge is -2.41. The maximum absolute atomic E-state index is 13.2. The largest absolute Gasteiger partial charge is 0.355 e. The van der Waals surface area contributed by atoms with Crippen LogP contribution in [0.5, 0.6) is 0 Å². The molecule has 1 fully saturated rings. The average Bonchev–Trinajstić information content (AvgIpc) is 3.15. The third kappa shape index (κ3) is 3.08. The van der Waals surface area contributed by atoms with Gasteiger partial charge in [0.05, 0.1) is 23.3 Å². The van der Waals surface area contributed by atoms with Gasteiger partial charge in [0.15, 0.2) is 11.4 Å². The minimum absolute atomic E-state index is 0.00278. The van der Waals surface area contributed by atoms with Crippen molar-refractivity contribution < 1.29 is 4.79 Å². The molecule has 2 aliphatic rings. The average molecular weight is 412 g/mol. The highest BCUT2D eigenvalue weighted by Crippen LogP contribution is 2.33. The summed E-state index contributed by atoms with van der Waals surface area (Å²) in [5.41, 5.74) is 5.02. The van der Waals surface area contributed by atoms with Crippen molar-refractivity contribution in [2.45, 2.75) is 12.8 Å². The third-order valence-electron chi connectivity index (χ3n) is 6.60. The molecule has 7 heteroatoms. The molecule has 0 radical (unpaired) electrons. The van der Waals surface area contributed by atoms with Crippen molar-refractivity contribution in [1.82, 2.24) is 24.5 Å². The number of Topliss-reactive ketones (excluding diaryl/α,β-unsaturated/α-hetero) is 1. The molecule has 0 atom stereocenters. The minimum Gasteiger partial charge on any atom is -0.355 e. The lowest BCUT2D eigenvalue weighted by molar-refractivity contribution is 0.0897. The van der Waals surface area contributed by atoms with Crippen LogP contribution in [0, 0.1) is 5.92 Å². The quantitative estimate of drug-likeness (QED) is 0.482. The Kier molecular flexibility index (Phi) is 4.24. The number of rotatable bonds is 3. The van der Waals surface area contributed by atoms with Gasteiger partial charge >= 0.3 is 0 Å². The highest BCUT2D eigenvalue weighted by atomic mass is 16.1. The molecule has 7 nitrogen and oxygen atoms in total. The molecule has 6 rings (SSSR count). The molecule has 0 N–H and O–H groups in total. The first-order valence-corrected chi connectivity index (χ1v) is 10.9. The van der Waals surface area contributed by atoms with Gasteiger partial charge in [-0.25, -0.2) is 4.98 Å². The summed E-state index contributed by atoms with van der Waals surface area (Å²) in [5.74, 6) is 1.32. The van der Waals surface area contributed by atoms with E-state index in [-0.39, 0.29) is 11.7 Å². The topological polar surface area (TPSA) is 66.6 Å². The van der Waals surface area contributed by atoms with Crippen LogP contribution < -0.4 is 4.90 Å². The maximum atomic E-state index is 13.2. The standard InChI is InChI=1S/C24H24N6O/c1-28-11-7-19-21(8-12-28)27-22-6-10-26-30(22)24(19)29-14-18(15-29)23(31)17-4-5-20-16(13-17)3-2-9-25-20/h2-6,9-10,13,18H,7-8,11-12,14-15H2,1H3. The summed E-state index contributed by atoms with van der Waals surface area (Å²) in [6, 6.07) is 11.7. The van der Waals surface area contributed by atoms with Crippen LogP contribution >= 0.6 is 0 Å². The van der Waals surface area contributed by atoms with E-state index in [0.717, 1.165) is 53.9 Å². The van der Waals surface area contributed by atoms with Crippen LogP contribution in [-0.4, -0.2) is 63.5 Å². The molecule has 0 amide bonds. The Morgan fingerprint density at radius 2 is 1.94 bits per heavy atom. The van der Waals surface area contributed by atoms with Crippen LogP contribution in [0.2, 0.25) is 0 Å². The van der Waals surface area contributed by atoms with Crippen molar-refractivity contribution in [3.63, 3.8) is 0 Å². The van der Waals surface area contributed by atoms with Gasteiger partial charge in [-0.05, 0) is 37.7 Å². The van der Waals surface area contributed by atoms with Gasteiger partial charge in [-0.1, -0.05) is 6.07 Å². The predicted molar refractivity (Wildman–Crippen MR) is 120 cm³/mol. The number of hydrogen-bond acceptors (Lipinski definition) is 6. The Labute approximate surface area is 180 Å². The molecule has 31 heavy (non-hydrogen) atoms. The normalized spacial score (nSPS) is 17.5. The molecule has 3 aromatic heterocycles. The number of anilines is 1. The fourth-order valence-electron chi connectivity index (χ4n) is 4.79. The molecule has 0 saturated carbocycles. The van der Waals surface area contributed by atoms with Gasteiger partial charge in [0.2, 0.25) is 0 Å². The van der Waals surface area contributed by atoms with Crippen molar-refractivity contribution in [2.75, 3.05) is 38.1 Å². The molecule has 0 bridgehead atoms. The number of pyridine rings is 1. The Morgan fingerprint density at radius 3 is 2.84 bits per heavy atom. The number of aromatic nitrogens is 4. The molecule has 156 valence electrons. The van der Waals surface area contributed by atoms with Crippen LogP contribution in [0.4, 0.5) is 5.82 Å². The Balaban J connectivity index is 1.29. The van der Waals surface area contributed by atoms with Crippen molar-refractivity contribution in [3.05, 3.63) is 65.6 Å². The molecule has 0 unspecified atom stereocenters. The van der Waals surface area contributed by atoms with E-state index < -0.39 is 0 Å². The van der Waals surface area contributed by atoms with Gasteiger partial charge < -0.3 is 9.80 Å². The Bertz CT molecular complexity index is 1310. The number of carbonyl (C=O) groups is 1. The maximum Gasteiger partial charge on any atom is 0.169 e. The molecule has 2 aliphatic heterocycles. The summed E-state index contributed by atoms with van der Waals surface area (Å²) >= 11 is 0. The third-order valence-corrected chi connectivity index (χ3v) is 6.60. The number of fused-ring (bicyclic) bond motifs is 3. The summed E-state index contributed by atoms with van der Waals surface area (Å²) in [6.45, 7) is 3.45. The minimum atomic E-state index is -0.00278. The van der Waals surface area contributed by atoms with Gasteiger partial charge in [-0.15, -0.1) is 0 Å². The van der Waals surface area contributed by atoms with Crippen molar-refractivity contribution >= 4 is 28.2 Å². The van der Waals surface area contributed by atoms with E-state index in [0.29, 0.717) is 13.1 Å². The van der Waals surface area contributed by atoms with Gasteiger partial charge in [0.25, 0.3) is 0 Å². The van der Waals surface area contributed by atoms with E-state index in [9.17, 15) is 4.79 Å². The van der Waals surface area contributed by atoms with E-state index in [1.54, 1.807) is 6.20 Å². The molecular weight excluding hydrogens is 388 g/mol. The lowest BCUT2D eigenvalue weighted by Crippen LogP contribution is -2.51. The zero-order valence-corrected chi connectivity index (χ0v) is 17.5. The molecule has 4 aromatic rings. The first-order chi connectivity index (χ1) is 15.2. The highest BCUT2D eigenvalue weighted by molar-refractivity contribution is 6.02. The van der Waals surface area contributed by atoms with E-state index in [2.05, 4.69) is 26.9 Å². The summed E-state index contributed by atoms with van der Waals surface area (Å²) < 4.78 is 1.95. The molecule has 1 aromatic carbocycles. The fraction of sp³-hybridized carbons (Fsp3) is 0.333. The van der Waals surface area contributed by atoms with Gasteiger partial charge in [0, 0.05) is 61.4 Å². The second-order valence-electron chi connectivity index (χ2n) is 8.64. The molecular formula is C24H24N6O. The van der Waals surface area contributed by atoms with Crippen LogP contribution in [0.1, 0.15) is 21.6 Å². The smallest absolute Gasteiger partial charge is 0.169 e. The Morgan fingerprint density at radius 1 is 1.06 bits per heavy atom. The Hall–Kier alpha value is -3.32. The zero-order chi connectivity index (χ0) is 20.9. The monoisotopic (exact) mass is 412 g/mol. The second-order valence-corrected chi connectivity index (χ2v) is 8.64. The summed E-state index contributed by atoms with van der Waals surface area (Å²) in [4.78, 5) is 27.0. The molecule has 0 aliphatic carbocycles. The lowest BCUT2D eigenvalue weighted by atomic mass is 9.89. The van der Waals surface area contributed by atoms with Gasteiger partial charge in [-0.3, -0.25) is 9.78 Å². The van der Waals surface area contributed by atoms with Crippen LogP contribution in [0.15, 0.2) is 48.8 Å². The highest BCUT2D eigenvalue weighted by Gasteiger charge is 2.36. The van der Waals surface area contributed by atoms with Crippen LogP contribution in [0.3, 0.4) is 0 Å². The predicted octanol–water partition coefficient (Wildman–Crippen LogP) is 2.63. The first kappa shape index (κ1) is 18.4.